The van der Waals surface area contributed by atoms with E-state index < -0.39 is 0 Å². The van der Waals surface area contributed by atoms with E-state index in [-0.39, 0.29) is 5.97 Å². The maximum absolute atomic E-state index is 11.6. The first-order valence-electron chi connectivity index (χ1n) is 5.34. The van der Waals surface area contributed by atoms with Crippen LogP contribution >= 0.6 is 0 Å². The number of benzene rings is 1. The number of esters is 1. The van der Waals surface area contributed by atoms with Gasteiger partial charge in [-0.2, -0.15) is 0 Å². The lowest BCUT2D eigenvalue weighted by molar-refractivity contribution is 0.0388. The maximum Gasteiger partial charge on any atom is 0.338 e. The van der Waals surface area contributed by atoms with Gasteiger partial charge in [0, 0.05) is 19.3 Å². The SMILES string of the molecule is COCCOC(=O)c1ccc2c(c1)CCN2. The summed E-state index contributed by atoms with van der Waals surface area (Å²) < 4.78 is 9.86. The molecule has 2 rings (SSSR count). The fourth-order valence-corrected chi connectivity index (χ4v) is 1.73. The van der Waals surface area contributed by atoms with Crippen LogP contribution in [0.15, 0.2) is 18.2 Å². The van der Waals surface area contributed by atoms with Crippen molar-refractivity contribution in [3.05, 3.63) is 29.3 Å². The number of fused-ring (bicyclic) bond motifs is 1. The van der Waals surface area contributed by atoms with Gasteiger partial charge in [-0.1, -0.05) is 0 Å². The molecule has 0 bridgehead atoms. The lowest BCUT2D eigenvalue weighted by Gasteiger charge is -2.05. The van der Waals surface area contributed by atoms with E-state index in [1.54, 1.807) is 13.2 Å². The third-order valence-corrected chi connectivity index (χ3v) is 2.57. The van der Waals surface area contributed by atoms with Crippen LogP contribution in [0.3, 0.4) is 0 Å². The van der Waals surface area contributed by atoms with Crippen LogP contribution in [0.1, 0.15) is 15.9 Å². The van der Waals surface area contributed by atoms with Crippen molar-refractivity contribution in [3.8, 4) is 0 Å². The number of methoxy groups -OCH3 is 1. The molecular formula is C12H15NO3. The molecule has 1 aromatic carbocycles. The zero-order valence-electron chi connectivity index (χ0n) is 9.29. The predicted octanol–water partition coefficient (Wildman–Crippen LogP) is 1.46. The standard InChI is InChI=1S/C12H15NO3/c1-15-6-7-16-12(14)10-2-3-11-9(8-10)4-5-13-11/h2-3,8,13H,4-7H2,1H3. The summed E-state index contributed by atoms with van der Waals surface area (Å²) in [5.74, 6) is -0.285. The highest BCUT2D eigenvalue weighted by atomic mass is 16.6. The van der Waals surface area contributed by atoms with E-state index >= 15 is 0 Å². The molecule has 0 spiro atoms. The van der Waals surface area contributed by atoms with Crippen molar-refractivity contribution in [2.75, 3.05) is 32.2 Å². The first kappa shape index (κ1) is 11.0. The van der Waals surface area contributed by atoms with E-state index in [1.165, 1.54) is 5.56 Å². The zero-order valence-corrected chi connectivity index (χ0v) is 9.29. The van der Waals surface area contributed by atoms with Crippen molar-refractivity contribution >= 4 is 11.7 Å². The molecule has 16 heavy (non-hydrogen) atoms. The van der Waals surface area contributed by atoms with Crippen molar-refractivity contribution < 1.29 is 14.3 Å². The number of carbonyl (C=O) groups excluding carboxylic acids is 1. The molecule has 0 atom stereocenters. The predicted molar refractivity (Wildman–Crippen MR) is 60.8 cm³/mol. The normalized spacial score (nSPS) is 13.1. The minimum Gasteiger partial charge on any atom is -0.460 e. The molecule has 1 aliphatic heterocycles. The molecule has 86 valence electrons. The smallest absolute Gasteiger partial charge is 0.338 e. The summed E-state index contributed by atoms with van der Waals surface area (Å²) in [7, 11) is 1.58. The summed E-state index contributed by atoms with van der Waals surface area (Å²) in [6.07, 6.45) is 0.967. The Morgan fingerprint density at radius 1 is 1.44 bits per heavy atom. The highest BCUT2D eigenvalue weighted by Gasteiger charge is 2.13. The summed E-state index contributed by atoms with van der Waals surface area (Å²) in [6.45, 7) is 1.67. The molecule has 1 aromatic rings. The number of ether oxygens (including phenoxy) is 2. The van der Waals surface area contributed by atoms with Crippen LogP contribution in [0, 0.1) is 0 Å². The highest BCUT2D eigenvalue weighted by molar-refractivity contribution is 5.90. The Bertz CT molecular complexity index is 390. The van der Waals surface area contributed by atoms with Crippen LogP contribution < -0.4 is 5.32 Å². The lowest BCUT2D eigenvalue weighted by Crippen LogP contribution is -2.10. The van der Waals surface area contributed by atoms with Gasteiger partial charge in [-0.15, -0.1) is 0 Å². The Morgan fingerprint density at radius 3 is 3.12 bits per heavy atom. The van der Waals surface area contributed by atoms with Crippen LogP contribution in [-0.2, 0) is 15.9 Å². The number of carbonyl (C=O) groups is 1. The lowest BCUT2D eigenvalue weighted by atomic mass is 10.1. The van der Waals surface area contributed by atoms with Crippen molar-refractivity contribution in [2.24, 2.45) is 0 Å². The Labute approximate surface area is 94.6 Å². The van der Waals surface area contributed by atoms with Gasteiger partial charge in [0.2, 0.25) is 0 Å². The van der Waals surface area contributed by atoms with Crippen molar-refractivity contribution in [2.45, 2.75) is 6.42 Å². The molecule has 0 saturated heterocycles. The van der Waals surface area contributed by atoms with Gasteiger partial charge in [0.1, 0.15) is 6.61 Å². The average Bonchev–Trinajstić information content (AvgIpc) is 2.76. The molecule has 0 aromatic heterocycles. The molecule has 4 heteroatoms. The number of hydrogen-bond donors (Lipinski definition) is 1. The number of hydrogen-bond acceptors (Lipinski definition) is 4. The van der Waals surface area contributed by atoms with Gasteiger partial charge >= 0.3 is 5.97 Å². The fourth-order valence-electron chi connectivity index (χ4n) is 1.73. The van der Waals surface area contributed by atoms with Gasteiger partial charge in [-0.05, 0) is 30.2 Å². The summed E-state index contributed by atoms with van der Waals surface area (Å²) in [5, 5.41) is 3.25. The quantitative estimate of drug-likeness (QED) is 0.617. The second-order valence-electron chi connectivity index (χ2n) is 3.68. The molecule has 1 N–H and O–H groups in total. The van der Waals surface area contributed by atoms with E-state index in [0.29, 0.717) is 18.8 Å². The molecule has 0 amide bonds. The van der Waals surface area contributed by atoms with Gasteiger partial charge in [-0.3, -0.25) is 0 Å². The van der Waals surface area contributed by atoms with Gasteiger partial charge in [0.15, 0.2) is 0 Å². The molecular weight excluding hydrogens is 206 g/mol. The first-order valence-corrected chi connectivity index (χ1v) is 5.34. The van der Waals surface area contributed by atoms with E-state index in [9.17, 15) is 4.79 Å². The minimum atomic E-state index is -0.285. The molecule has 0 radical (unpaired) electrons. The number of rotatable bonds is 4. The molecule has 4 nitrogen and oxygen atoms in total. The maximum atomic E-state index is 11.6. The van der Waals surface area contributed by atoms with Crippen molar-refractivity contribution in [3.63, 3.8) is 0 Å². The second kappa shape index (κ2) is 4.99. The topological polar surface area (TPSA) is 47.6 Å². The summed E-state index contributed by atoms with van der Waals surface area (Å²) in [5.41, 5.74) is 2.91. The van der Waals surface area contributed by atoms with E-state index in [0.717, 1.165) is 18.7 Å². The molecule has 0 unspecified atom stereocenters. The van der Waals surface area contributed by atoms with Gasteiger partial charge < -0.3 is 14.8 Å². The Hall–Kier alpha value is -1.55. The van der Waals surface area contributed by atoms with Gasteiger partial charge in [-0.25, -0.2) is 4.79 Å². The molecule has 0 fully saturated rings. The Morgan fingerprint density at radius 2 is 2.31 bits per heavy atom. The average molecular weight is 221 g/mol. The third kappa shape index (κ3) is 2.33. The fraction of sp³-hybridized carbons (Fsp3) is 0.417. The largest absolute Gasteiger partial charge is 0.460 e. The molecule has 0 aliphatic carbocycles. The number of nitrogens with one attached hydrogen (secondary N) is 1. The van der Waals surface area contributed by atoms with E-state index in [1.807, 2.05) is 12.1 Å². The van der Waals surface area contributed by atoms with Crippen LogP contribution in [0.25, 0.3) is 0 Å². The second-order valence-corrected chi connectivity index (χ2v) is 3.68. The van der Waals surface area contributed by atoms with Crippen molar-refractivity contribution in [1.29, 1.82) is 0 Å². The summed E-state index contributed by atoms with van der Waals surface area (Å²) >= 11 is 0. The van der Waals surface area contributed by atoms with Gasteiger partial charge in [0.05, 0.1) is 12.2 Å². The highest BCUT2D eigenvalue weighted by Crippen LogP contribution is 2.23. The number of anilines is 1. The van der Waals surface area contributed by atoms with Crippen molar-refractivity contribution in [1.82, 2.24) is 0 Å². The van der Waals surface area contributed by atoms with Crippen LogP contribution in [0.4, 0.5) is 5.69 Å². The minimum absolute atomic E-state index is 0.285. The van der Waals surface area contributed by atoms with Crippen LogP contribution in [-0.4, -0.2) is 32.8 Å². The molecule has 1 aliphatic rings. The van der Waals surface area contributed by atoms with Crippen LogP contribution in [0.5, 0.6) is 0 Å². The molecule has 1 heterocycles. The third-order valence-electron chi connectivity index (χ3n) is 2.57. The van der Waals surface area contributed by atoms with E-state index in [2.05, 4.69) is 5.32 Å². The van der Waals surface area contributed by atoms with Crippen LogP contribution in [0.2, 0.25) is 0 Å². The summed E-state index contributed by atoms with van der Waals surface area (Å²) in [6, 6.07) is 5.60. The summed E-state index contributed by atoms with van der Waals surface area (Å²) in [4.78, 5) is 11.6. The first-order chi connectivity index (χ1) is 7.81. The Balaban J connectivity index is 2.01. The van der Waals surface area contributed by atoms with E-state index in [4.69, 9.17) is 9.47 Å². The monoisotopic (exact) mass is 221 g/mol. The van der Waals surface area contributed by atoms with Gasteiger partial charge in [0.25, 0.3) is 0 Å². The Kier molecular flexibility index (Phi) is 3.41. The molecule has 0 saturated carbocycles. The zero-order chi connectivity index (χ0) is 11.4.